The summed E-state index contributed by atoms with van der Waals surface area (Å²) in [6.45, 7) is 6.12. The first-order chi connectivity index (χ1) is 11.2. The van der Waals surface area contributed by atoms with Gasteiger partial charge in [-0.25, -0.2) is 4.90 Å². The molecule has 0 aromatic heterocycles. The number of fused-ring (bicyclic) bond motifs is 5. The van der Waals surface area contributed by atoms with Gasteiger partial charge in [0, 0.05) is 7.05 Å². The number of carbonyl (C=O) groups is 3. The zero-order valence-electron chi connectivity index (χ0n) is 14.1. The van der Waals surface area contributed by atoms with E-state index in [1.165, 1.54) is 16.7 Å². The van der Waals surface area contributed by atoms with Crippen molar-refractivity contribution in [3.05, 3.63) is 30.3 Å². The molecule has 6 heteroatoms. The predicted octanol–water partition coefficient (Wildman–Crippen LogP) is 2.12. The van der Waals surface area contributed by atoms with Crippen LogP contribution in [0, 0.1) is 17.3 Å². The number of carbonyl (C=O) groups excluding carboxylic acids is 3. The largest absolute Gasteiger partial charge is 0.329 e. The van der Waals surface area contributed by atoms with E-state index in [1.54, 1.807) is 24.1 Å². The number of benzene rings is 1. The SMILES string of the molecule is CN1C(=O)[C@@H]2S[C@@]1(C(C)(C)C)[C@H]1C(=O)N(c3ccccc3)C(=O)[C@@H]21. The molecule has 1 aromatic carbocycles. The maximum Gasteiger partial charge on any atom is 0.241 e. The molecule has 0 spiro atoms. The number of thioether (sulfide) groups is 1. The Labute approximate surface area is 145 Å². The van der Waals surface area contributed by atoms with Gasteiger partial charge >= 0.3 is 0 Å². The molecule has 0 aliphatic carbocycles. The molecular formula is C18H20N2O3S. The van der Waals surface area contributed by atoms with Crippen molar-refractivity contribution in [3.8, 4) is 0 Å². The Kier molecular flexibility index (Phi) is 3.02. The highest BCUT2D eigenvalue weighted by Gasteiger charge is 2.77. The normalized spacial score (nSPS) is 35.2. The molecule has 0 N–H and O–H groups in total. The van der Waals surface area contributed by atoms with Crippen molar-refractivity contribution in [1.82, 2.24) is 4.90 Å². The third-order valence-electron chi connectivity index (χ3n) is 5.57. The Balaban J connectivity index is 1.86. The van der Waals surface area contributed by atoms with E-state index in [1.807, 2.05) is 39.0 Å². The number of rotatable bonds is 1. The lowest BCUT2D eigenvalue weighted by Gasteiger charge is -2.48. The first-order valence-electron chi connectivity index (χ1n) is 8.10. The number of likely N-dealkylation sites (tertiary alicyclic amines) is 1. The van der Waals surface area contributed by atoms with E-state index in [4.69, 9.17) is 0 Å². The smallest absolute Gasteiger partial charge is 0.241 e. The molecule has 0 radical (unpaired) electrons. The van der Waals surface area contributed by atoms with Crippen LogP contribution in [-0.4, -0.2) is 39.8 Å². The average molecular weight is 344 g/mol. The zero-order chi connectivity index (χ0) is 17.4. The molecule has 5 nitrogen and oxygen atoms in total. The highest BCUT2D eigenvalue weighted by molar-refractivity contribution is 8.02. The number of amides is 3. The minimum absolute atomic E-state index is 0.0350. The molecule has 3 aliphatic rings. The van der Waals surface area contributed by atoms with Crippen molar-refractivity contribution >= 4 is 35.2 Å². The van der Waals surface area contributed by atoms with Gasteiger partial charge in [-0.2, -0.15) is 0 Å². The van der Waals surface area contributed by atoms with Gasteiger partial charge in [-0.3, -0.25) is 14.4 Å². The van der Waals surface area contributed by atoms with E-state index >= 15 is 0 Å². The molecule has 3 aliphatic heterocycles. The number of hydrogen-bond donors (Lipinski definition) is 0. The molecule has 126 valence electrons. The van der Waals surface area contributed by atoms with Crippen LogP contribution in [0.5, 0.6) is 0 Å². The summed E-state index contributed by atoms with van der Waals surface area (Å²) in [4.78, 5) is 41.3. The Morgan fingerprint density at radius 1 is 1.00 bits per heavy atom. The molecule has 3 saturated heterocycles. The Morgan fingerprint density at radius 3 is 2.21 bits per heavy atom. The number of para-hydroxylation sites is 1. The standard InChI is InChI=1S/C18H20N2O3S/c1-17(2,3)18-12-11(13(24-18)16(23)19(18)4)14(21)20(15(12)22)10-8-6-5-7-9-10/h5-9,11-13H,1-4H3/t11-,12-,13-,18-/m1/s1. The first-order valence-corrected chi connectivity index (χ1v) is 8.98. The summed E-state index contributed by atoms with van der Waals surface area (Å²) in [7, 11) is 1.76. The summed E-state index contributed by atoms with van der Waals surface area (Å²) in [6.07, 6.45) is 0. The van der Waals surface area contributed by atoms with E-state index in [-0.39, 0.29) is 23.1 Å². The van der Waals surface area contributed by atoms with Crippen molar-refractivity contribution < 1.29 is 14.4 Å². The summed E-state index contributed by atoms with van der Waals surface area (Å²) in [5.74, 6) is -1.48. The highest BCUT2D eigenvalue weighted by Crippen LogP contribution is 2.67. The van der Waals surface area contributed by atoms with Gasteiger partial charge in [0.1, 0.15) is 4.87 Å². The molecule has 0 unspecified atom stereocenters. The molecule has 24 heavy (non-hydrogen) atoms. The van der Waals surface area contributed by atoms with Crippen molar-refractivity contribution in [2.75, 3.05) is 11.9 Å². The van der Waals surface area contributed by atoms with Crippen LogP contribution in [0.4, 0.5) is 5.69 Å². The molecule has 3 fully saturated rings. The minimum Gasteiger partial charge on any atom is -0.329 e. The Morgan fingerprint density at radius 2 is 1.62 bits per heavy atom. The lowest BCUT2D eigenvalue weighted by atomic mass is 9.70. The lowest BCUT2D eigenvalue weighted by Crippen LogP contribution is -2.61. The maximum absolute atomic E-state index is 13.2. The van der Waals surface area contributed by atoms with Crippen molar-refractivity contribution in [2.45, 2.75) is 30.9 Å². The fraction of sp³-hybridized carbons (Fsp3) is 0.500. The van der Waals surface area contributed by atoms with E-state index in [9.17, 15) is 14.4 Å². The molecule has 4 atom stereocenters. The van der Waals surface area contributed by atoms with Crippen LogP contribution < -0.4 is 4.90 Å². The van der Waals surface area contributed by atoms with Crippen LogP contribution in [0.1, 0.15) is 20.8 Å². The number of imide groups is 1. The summed E-state index contributed by atoms with van der Waals surface area (Å²) < 4.78 is 0. The van der Waals surface area contributed by atoms with Crippen molar-refractivity contribution in [3.63, 3.8) is 0 Å². The molecule has 0 saturated carbocycles. The third kappa shape index (κ3) is 1.60. The van der Waals surface area contributed by atoms with Gasteiger partial charge in [0.15, 0.2) is 0 Å². The van der Waals surface area contributed by atoms with Gasteiger partial charge in [0.05, 0.1) is 22.8 Å². The van der Waals surface area contributed by atoms with Gasteiger partial charge in [-0.05, 0) is 17.5 Å². The van der Waals surface area contributed by atoms with Gasteiger partial charge in [-0.15, -0.1) is 11.8 Å². The first kappa shape index (κ1) is 15.7. The maximum atomic E-state index is 13.2. The molecule has 3 amide bonds. The van der Waals surface area contributed by atoms with E-state index in [0.717, 1.165) is 0 Å². The fourth-order valence-corrected chi connectivity index (χ4v) is 6.63. The number of nitrogens with zero attached hydrogens (tertiary/aromatic N) is 2. The van der Waals surface area contributed by atoms with Crippen LogP contribution >= 0.6 is 11.8 Å². The molecule has 4 rings (SSSR count). The summed E-state index contributed by atoms with van der Waals surface area (Å²) in [5, 5.41) is -0.454. The molecule has 2 bridgehead atoms. The van der Waals surface area contributed by atoms with Gasteiger partial charge in [0.2, 0.25) is 17.7 Å². The summed E-state index contributed by atoms with van der Waals surface area (Å²) in [6, 6.07) is 9.00. The van der Waals surface area contributed by atoms with E-state index in [2.05, 4.69) is 0 Å². The number of piperidine rings is 1. The monoisotopic (exact) mass is 344 g/mol. The second-order valence-corrected chi connectivity index (χ2v) is 9.10. The lowest BCUT2D eigenvalue weighted by molar-refractivity contribution is -0.146. The van der Waals surface area contributed by atoms with Crippen molar-refractivity contribution in [2.24, 2.45) is 17.3 Å². The van der Waals surface area contributed by atoms with Gasteiger partial charge < -0.3 is 4.90 Å². The zero-order valence-corrected chi connectivity index (χ0v) is 15.0. The topological polar surface area (TPSA) is 57.7 Å². The fourth-order valence-electron chi connectivity index (χ4n) is 4.57. The highest BCUT2D eigenvalue weighted by atomic mass is 32.2. The third-order valence-corrected chi connectivity index (χ3v) is 7.82. The minimum atomic E-state index is -0.671. The van der Waals surface area contributed by atoms with Gasteiger partial charge in [-0.1, -0.05) is 39.0 Å². The number of hydrogen-bond acceptors (Lipinski definition) is 4. The van der Waals surface area contributed by atoms with Crippen LogP contribution in [0.25, 0.3) is 0 Å². The van der Waals surface area contributed by atoms with Gasteiger partial charge in [0.25, 0.3) is 0 Å². The Hall–Kier alpha value is -1.82. The van der Waals surface area contributed by atoms with E-state index < -0.39 is 22.0 Å². The van der Waals surface area contributed by atoms with E-state index in [0.29, 0.717) is 5.69 Å². The second kappa shape index (κ2) is 4.63. The van der Waals surface area contributed by atoms with Crippen LogP contribution in [-0.2, 0) is 14.4 Å². The molecule has 1 aromatic rings. The average Bonchev–Trinajstić information content (AvgIpc) is 3.10. The van der Waals surface area contributed by atoms with Crippen LogP contribution in [0.15, 0.2) is 30.3 Å². The van der Waals surface area contributed by atoms with Crippen LogP contribution in [0.2, 0.25) is 0 Å². The second-order valence-electron chi connectivity index (χ2n) is 7.73. The van der Waals surface area contributed by atoms with Crippen LogP contribution in [0.3, 0.4) is 0 Å². The quantitative estimate of drug-likeness (QED) is 0.732. The summed E-state index contributed by atoms with van der Waals surface area (Å²) in [5.41, 5.74) is 0.268. The molecule has 3 heterocycles. The molecular weight excluding hydrogens is 324 g/mol. The van der Waals surface area contributed by atoms with Crippen molar-refractivity contribution in [1.29, 1.82) is 0 Å². The predicted molar refractivity (Wildman–Crippen MR) is 92.3 cm³/mol. The Bertz CT molecular complexity index is 757. The summed E-state index contributed by atoms with van der Waals surface area (Å²) >= 11 is 1.51. The number of anilines is 1.